The van der Waals surface area contributed by atoms with E-state index in [0.29, 0.717) is 13.2 Å². The molecule has 0 saturated carbocycles. The van der Waals surface area contributed by atoms with Crippen LogP contribution < -0.4 is 5.32 Å². The number of alkyl halides is 1. The van der Waals surface area contributed by atoms with Crippen LogP contribution in [-0.4, -0.2) is 55.4 Å². The molecular weight excluding hydrogens is 232 g/mol. The Hall–Kier alpha value is -0.810. The lowest BCUT2D eigenvalue weighted by atomic mass is 10.1. The van der Waals surface area contributed by atoms with Crippen molar-refractivity contribution in [2.45, 2.75) is 18.9 Å². The number of hydrogen-bond donors (Lipinski definition) is 1. The third-order valence-electron chi connectivity index (χ3n) is 2.69. The third-order valence-corrected chi connectivity index (χ3v) is 2.93. The van der Waals surface area contributed by atoms with E-state index >= 15 is 0 Å². The standard InChI is InChI=1S/C10H17ClN2O3/c1-13(8-2-4-16-5-3-8)10(15)7-12-9(14)6-11/h8H,2-7H2,1H3,(H,12,14). The second-order valence-corrected chi connectivity index (χ2v) is 4.03. The molecular formula is C10H17ClN2O3. The zero-order valence-electron chi connectivity index (χ0n) is 9.37. The Labute approximate surface area is 100 Å². The fourth-order valence-corrected chi connectivity index (χ4v) is 1.72. The summed E-state index contributed by atoms with van der Waals surface area (Å²) in [7, 11) is 1.76. The first-order valence-corrected chi connectivity index (χ1v) is 5.84. The minimum Gasteiger partial charge on any atom is -0.381 e. The molecule has 0 unspecified atom stereocenters. The van der Waals surface area contributed by atoms with Gasteiger partial charge in [0.05, 0.1) is 6.54 Å². The Kier molecular flexibility index (Phi) is 5.55. The molecule has 1 N–H and O–H groups in total. The van der Waals surface area contributed by atoms with Crippen molar-refractivity contribution in [2.24, 2.45) is 0 Å². The normalized spacial score (nSPS) is 16.9. The summed E-state index contributed by atoms with van der Waals surface area (Å²) in [5.74, 6) is -0.533. The lowest BCUT2D eigenvalue weighted by molar-refractivity contribution is -0.134. The molecule has 0 radical (unpaired) electrons. The number of hydrogen-bond acceptors (Lipinski definition) is 3. The maximum Gasteiger partial charge on any atom is 0.241 e. The Morgan fingerprint density at radius 2 is 2.06 bits per heavy atom. The van der Waals surface area contributed by atoms with E-state index in [4.69, 9.17) is 16.3 Å². The van der Waals surface area contributed by atoms with Crippen LogP contribution in [0.15, 0.2) is 0 Å². The van der Waals surface area contributed by atoms with Crippen LogP contribution in [0.25, 0.3) is 0 Å². The van der Waals surface area contributed by atoms with Crippen molar-refractivity contribution in [3.05, 3.63) is 0 Å². The molecule has 92 valence electrons. The zero-order chi connectivity index (χ0) is 12.0. The summed E-state index contributed by atoms with van der Waals surface area (Å²) in [6.45, 7) is 1.39. The van der Waals surface area contributed by atoms with E-state index in [1.807, 2.05) is 0 Å². The van der Waals surface area contributed by atoms with Gasteiger partial charge in [-0.3, -0.25) is 9.59 Å². The van der Waals surface area contributed by atoms with E-state index in [1.165, 1.54) is 0 Å². The van der Waals surface area contributed by atoms with E-state index in [2.05, 4.69) is 5.32 Å². The summed E-state index contributed by atoms with van der Waals surface area (Å²) in [5.41, 5.74) is 0. The lowest BCUT2D eigenvalue weighted by Crippen LogP contribution is -2.45. The highest BCUT2D eigenvalue weighted by molar-refractivity contribution is 6.27. The molecule has 16 heavy (non-hydrogen) atoms. The van der Waals surface area contributed by atoms with Gasteiger partial charge in [-0.1, -0.05) is 0 Å². The first-order chi connectivity index (χ1) is 7.65. The second-order valence-electron chi connectivity index (χ2n) is 3.76. The molecule has 1 saturated heterocycles. The summed E-state index contributed by atoms with van der Waals surface area (Å²) in [5, 5.41) is 2.46. The number of likely N-dealkylation sites (N-methyl/N-ethyl adjacent to an activating group) is 1. The minimum absolute atomic E-state index is 0.0133. The van der Waals surface area contributed by atoms with Crippen molar-refractivity contribution in [3.8, 4) is 0 Å². The second kappa shape index (κ2) is 6.70. The fraction of sp³-hybridized carbons (Fsp3) is 0.800. The summed E-state index contributed by atoms with van der Waals surface area (Å²) in [6, 6.07) is 0.217. The van der Waals surface area contributed by atoms with Crippen LogP contribution in [0.1, 0.15) is 12.8 Å². The number of amides is 2. The van der Waals surface area contributed by atoms with Crippen LogP contribution in [0.5, 0.6) is 0 Å². The van der Waals surface area contributed by atoms with Gasteiger partial charge in [-0.15, -0.1) is 11.6 Å². The van der Waals surface area contributed by atoms with Gasteiger partial charge in [0.15, 0.2) is 0 Å². The first kappa shape index (κ1) is 13.3. The average molecular weight is 249 g/mol. The Balaban J connectivity index is 2.31. The minimum atomic E-state index is -0.324. The summed E-state index contributed by atoms with van der Waals surface area (Å²) in [4.78, 5) is 24.2. The molecule has 0 aliphatic carbocycles. The molecule has 1 heterocycles. The summed E-state index contributed by atoms with van der Waals surface area (Å²) in [6.07, 6.45) is 1.71. The number of halogens is 1. The van der Waals surface area contributed by atoms with Crippen molar-refractivity contribution < 1.29 is 14.3 Å². The third kappa shape index (κ3) is 3.98. The van der Waals surface area contributed by atoms with Crippen LogP contribution in [0.2, 0.25) is 0 Å². The maximum atomic E-state index is 11.7. The fourth-order valence-electron chi connectivity index (χ4n) is 1.62. The lowest BCUT2D eigenvalue weighted by Gasteiger charge is -2.31. The van der Waals surface area contributed by atoms with Crippen molar-refractivity contribution in [2.75, 3.05) is 32.7 Å². The molecule has 0 bridgehead atoms. The predicted octanol–water partition coefficient (Wildman–Crippen LogP) is -0.0212. The zero-order valence-corrected chi connectivity index (χ0v) is 10.1. The maximum absolute atomic E-state index is 11.7. The predicted molar refractivity (Wildman–Crippen MR) is 60.3 cm³/mol. The number of carbonyl (C=O) groups excluding carboxylic acids is 2. The van der Waals surface area contributed by atoms with Crippen molar-refractivity contribution in [3.63, 3.8) is 0 Å². The highest BCUT2D eigenvalue weighted by Crippen LogP contribution is 2.12. The molecule has 0 spiro atoms. The van der Waals surface area contributed by atoms with E-state index in [9.17, 15) is 9.59 Å². The molecule has 6 heteroatoms. The van der Waals surface area contributed by atoms with E-state index in [-0.39, 0.29) is 30.3 Å². The average Bonchev–Trinajstić information content (AvgIpc) is 2.35. The number of ether oxygens (including phenoxy) is 1. The van der Waals surface area contributed by atoms with Crippen LogP contribution in [0.4, 0.5) is 0 Å². The Morgan fingerprint density at radius 3 is 2.62 bits per heavy atom. The topological polar surface area (TPSA) is 58.6 Å². The van der Waals surface area contributed by atoms with Gasteiger partial charge in [0, 0.05) is 26.3 Å². The van der Waals surface area contributed by atoms with Crippen LogP contribution in [0, 0.1) is 0 Å². The van der Waals surface area contributed by atoms with Gasteiger partial charge in [-0.05, 0) is 12.8 Å². The van der Waals surface area contributed by atoms with Gasteiger partial charge in [-0.2, -0.15) is 0 Å². The van der Waals surface area contributed by atoms with Crippen molar-refractivity contribution in [1.29, 1.82) is 0 Å². The van der Waals surface area contributed by atoms with E-state index in [0.717, 1.165) is 12.8 Å². The molecule has 0 atom stereocenters. The molecule has 1 aliphatic rings. The number of rotatable bonds is 4. The molecule has 0 aromatic heterocycles. The number of nitrogens with one attached hydrogen (secondary N) is 1. The Bertz CT molecular complexity index is 254. The number of nitrogens with zero attached hydrogens (tertiary/aromatic N) is 1. The summed E-state index contributed by atoms with van der Waals surface area (Å²) >= 11 is 5.31. The van der Waals surface area contributed by atoms with Crippen molar-refractivity contribution >= 4 is 23.4 Å². The molecule has 1 rings (SSSR count). The molecule has 0 aromatic rings. The quantitative estimate of drug-likeness (QED) is 0.712. The van der Waals surface area contributed by atoms with Crippen LogP contribution >= 0.6 is 11.6 Å². The van der Waals surface area contributed by atoms with E-state index < -0.39 is 0 Å². The van der Waals surface area contributed by atoms with Gasteiger partial charge >= 0.3 is 0 Å². The largest absolute Gasteiger partial charge is 0.381 e. The molecule has 2 amide bonds. The highest BCUT2D eigenvalue weighted by Gasteiger charge is 2.22. The van der Waals surface area contributed by atoms with Gasteiger partial charge < -0.3 is 15.0 Å². The number of carbonyl (C=O) groups is 2. The monoisotopic (exact) mass is 248 g/mol. The molecule has 0 aromatic carbocycles. The van der Waals surface area contributed by atoms with Crippen LogP contribution in [-0.2, 0) is 14.3 Å². The SMILES string of the molecule is CN(C(=O)CNC(=O)CCl)C1CCOCC1. The van der Waals surface area contributed by atoms with Crippen molar-refractivity contribution in [1.82, 2.24) is 10.2 Å². The summed E-state index contributed by atoms with van der Waals surface area (Å²) < 4.78 is 5.22. The Morgan fingerprint density at radius 1 is 1.44 bits per heavy atom. The van der Waals surface area contributed by atoms with Gasteiger partial charge in [-0.25, -0.2) is 0 Å². The molecule has 5 nitrogen and oxygen atoms in total. The van der Waals surface area contributed by atoms with Gasteiger partial charge in [0.1, 0.15) is 5.88 Å². The van der Waals surface area contributed by atoms with Crippen LogP contribution in [0.3, 0.4) is 0 Å². The highest BCUT2D eigenvalue weighted by atomic mass is 35.5. The van der Waals surface area contributed by atoms with Gasteiger partial charge in [0.2, 0.25) is 11.8 Å². The smallest absolute Gasteiger partial charge is 0.241 e. The first-order valence-electron chi connectivity index (χ1n) is 5.31. The molecule has 1 fully saturated rings. The van der Waals surface area contributed by atoms with E-state index in [1.54, 1.807) is 11.9 Å². The molecule has 1 aliphatic heterocycles. The van der Waals surface area contributed by atoms with Gasteiger partial charge in [0.25, 0.3) is 0 Å².